The number of benzene rings is 1. The molecule has 0 unspecified atom stereocenters. The monoisotopic (exact) mass is 233 g/mol. The summed E-state index contributed by atoms with van der Waals surface area (Å²) in [5.41, 5.74) is 13.3. The highest BCUT2D eigenvalue weighted by molar-refractivity contribution is 5.94. The standard InChI is InChI=1S/C13H19N3O/c1-9-4-6-16(7-5-9)12-3-2-10(13(15)17)8-11(12)14/h2-3,8-9H,4-7,14H2,1H3,(H2,15,17). The minimum Gasteiger partial charge on any atom is -0.397 e. The third kappa shape index (κ3) is 2.52. The molecule has 0 atom stereocenters. The van der Waals surface area contributed by atoms with Crippen LogP contribution < -0.4 is 16.4 Å². The van der Waals surface area contributed by atoms with Crippen LogP contribution in [-0.2, 0) is 0 Å². The fourth-order valence-electron chi connectivity index (χ4n) is 2.25. The van der Waals surface area contributed by atoms with Gasteiger partial charge in [-0.15, -0.1) is 0 Å². The zero-order valence-corrected chi connectivity index (χ0v) is 10.1. The lowest BCUT2D eigenvalue weighted by Gasteiger charge is -2.33. The van der Waals surface area contributed by atoms with Gasteiger partial charge in [0.25, 0.3) is 0 Å². The number of hydrogen-bond donors (Lipinski definition) is 2. The number of piperidine rings is 1. The maximum absolute atomic E-state index is 11.0. The van der Waals surface area contributed by atoms with Crippen molar-refractivity contribution in [3.05, 3.63) is 23.8 Å². The fourth-order valence-corrected chi connectivity index (χ4v) is 2.25. The molecule has 1 aliphatic rings. The van der Waals surface area contributed by atoms with Crippen LogP contribution in [0.25, 0.3) is 0 Å². The van der Waals surface area contributed by atoms with Gasteiger partial charge in [-0.25, -0.2) is 0 Å². The van der Waals surface area contributed by atoms with Crippen LogP contribution in [0, 0.1) is 5.92 Å². The first-order chi connectivity index (χ1) is 8.08. The van der Waals surface area contributed by atoms with Crippen molar-refractivity contribution in [1.82, 2.24) is 0 Å². The van der Waals surface area contributed by atoms with Crippen molar-refractivity contribution in [2.24, 2.45) is 11.7 Å². The Morgan fingerprint density at radius 3 is 2.53 bits per heavy atom. The summed E-state index contributed by atoms with van der Waals surface area (Å²) >= 11 is 0. The summed E-state index contributed by atoms with van der Waals surface area (Å²) in [7, 11) is 0. The molecule has 4 nitrogen and oxygen atoms in total. The van der Waals surface area contributed by atoms with Gasteiger partial charge in [0.05, 0.1) is 11.4 Å². The van der Waals surface area contributed by atoms with Crippen molar-refractivity contribution in [2.75, 3.05) is 23.7 Å². The molecule has 0 saturated carbocycles. The Morgan fingerprint density at radius 1 is 1.35 bits per heavy atom. The third-order valence-corrected chi connectivity index (χ3v) is 3.44. The van der Waals surface area contributed by atoms with Crippen molar-refractivity contribution in [1.29, 1.82) is 0 Å². The Bertz CT molecular complexity index is 423. The predicted octanol–water partition coefficient (Wildman–Crippen LogP) is 1.60. The van der Waals surface area contributed by atoms with Gasteiger partial charge in [-0.05, 0) is 37.0 Å². The number of anilines is 2. The zero-order valence-electron chi connectivity index (χ0n) is 10.1. The number of nitrogens with zero attached hydrogens (tertiary/aromatic N) is 1. The minimum atomic E-state index is -0.435. The molecular formula is C13H19N3O. The minimum absolute atomic E-state index is 0.435. The Hall–Kier alpha value is -1.71. The van der Waals surface area contributed by atoms with Crippen LogP contribution in [0.2, 0.25) is 0 Å². The third-order valence-electron chi connectivity index (χ3n) is 3.44. The van der Waals surface area contributed by atoms with Crippen molar-refractivity contribution < 1.29 is 4.79 Å². The van der Waals surface area contributed by atoms with Gasteiger partial charge in [-0.3, -0.25) is 4.79 Å². The van der Waals surface area contributed by atoms with Gasteiger partial charge < -0.3 is 16.4 Å². The average molecular weight is 233 g/mol. The van der Waals surface area contributed by atoms with E-state index >= 15 is 0 Å². The van der Waals surface area contributed by atoms with Crippen molar-refractivity contribution in [2.45, 2.75) is 19.8 Å². The normalized spacial score (nSPS) is 17.1. The molecule has 4 heteroatoms. The van der Waals surface area contributed by atoms with Crippen LogP contribution in [0.3, 0.4) is 0 Å². The zero-order chi connectivity index (χ0) is 12.4. The van der Waals surface area contributed by atoms with Gasteiger partial charge in [0.1, 0.15) is 0 Å². The van der Waals surface area contributed by atoms with Gasteiger partial charge in [0.15, 0.2) is 0 Å². The van der Waals surface area contributed by atoms with E-state index in [2.05, 4.69) is 11.8 Å². The number of carbonyl (C=O) groups is 1. The highest BCUT2D eigenvalue weighted by Gasteiger charge is 2.18. The highest BCUT2D eigenvalue weighted by atomic mass is 16.1. The van der Waals surface area contributed by atoms with Crippen LogP contribution >= 0.6 is 0 Å². The van der Waals surface area contributed by atoms with Gasteiger partial charge in [-0.1, -0.05) is 6.92 Å². The van der Waals surface area contributed by atoms with E-state index in [-0.39, 0.29) is 0 Å². The summed E-state index contributed by atoms with van der Waals surface area (Å²) in [6.07, 6.45) is 2.38. The lowest BCUT2D eigenvalue weighted by Crippen LogP contribution is -2.33. The number of rotatable bonds is 2. The fraction of sp³-hybridized carbons (Fsp3) is 0.462. The summed E-state index contributed by atoms with van der Waals surface area (Å²) in [4.78, 5) is 13.3. The molecular weight excluding hydrogens is 214 g/mol. The quantitative estimate of drug-likeness (QED) is 0.762. The van der Waals surface area contributed by atoms with E-state index in [1.807, 2.05) is 6.07 Å². The molecule has 1 aromatic carbocycles. The van der Waals surface area contributed by atoms with Crippen LogP contribution in [-0.4, -0.2) is 19.0 Å². The number of amides is 1. The molecule has 1 amide bonds. The highest BCUT2D eigenvalue weighted by Crippen LogP contribution is 2.28. The van der Waals surface area contributed by atoms with Crippen molar-refractivity contribution >= 4 is 17.3 Å². The van der Waals surface area contributed by atoms with Gasteiger partial charge in [0, 0.05) is 18.7 Å². The van der Waals surface area contributed by atoms with Crippen LogP contribution in [0.5, 0.6) is 0 Å². The molecule has 1 heterocycles. The van der Waals surface area contributed by atoms with E-state index in [1.54, 1.807) is 12.1 Å². The lowest BCUT2D eigenvalue weighted by atomic mass is 9.98. The van der Waals surface area contributed by atoms with Gasteiger partial charge in [0.2, 0.25) is 5.91 Å². The number of nitrogens with two attached hydrogens (primary N) is 2. The smallest absolute Gasteiger partial charge is 0.248 e. The Kier molecular flexibility index (Phi) is 3.22. The molecule has 2 rings (SSSR count). The Labute approximate surface area is 102 Å². The SMILES string of the molecule is CC1CCN(c2ccc(C(N)=O)cc2N)CC1. The summed E-state index contributed by atoms with van der Waals surface area (Å²) in [6, 6.07) is 5.30. The van der Waals surface area contributed by atoms with Crippen molar-refractivity contribution in [3.63, 3.8) is 0 Å². The lowest BCUT2D eigenvalue weighted by molar-refractivity contribution is 0.100. The first-order valence-corrected chi connectivity index (χ1v) is 6.02. The van der Waals surface area contributed by atoms with Gasteiger partial charge >= 0.3 is 0 Å². The largest absolute Gasteiger partial charge is 0.397 e. The van der Waals surface area contributed by atoms with Crippen LogP contribution in [0.4, 0.5) is 11.4 Å². The molecule has 1 fully saturated rings. The van der Waals surface area contributed by atoms with E-state index < -0.39 is 5.91 Å². The molecule has 1 saturated heterocycles. The van der Waals surface area contributed by atoms with E-state index in [1.165, 1.54) is 12.8 Å². The van der Waals surface area contributed by atoms with E-state index in [0.29, 0.717) is 11.3 Å². The molecule has 0 spiro atoms. The number of hydrogen-bond acceptors (Lipinski definition) is 3. The Morgan fingerprint density at radius 2 is 2.00 bits per heavy atom. The predicted molar refractivity (Wildman–Crippen MR) is 70.0 cm³/mol. The van der Waals surface area contributed by atoms with E-state index in [4.69, 9.17) is 11.5 Å². The summed E-state index contributed by atoms with van der Waals surface area (Å²) in [6.45, 7) is 4.33. The first-order valence-electron chi connectivity index (χ1n) is 6.02. The molecule has 92 valence electrons. The molecule has 17 heavy (non-hydrogen) atoms. The molecule has 0 radical (unpaired) electrons. The molecule has 0 bridgehead atoms. The van der Waals surface area contributed by atoms with Gasteiger partial charge in [-0.2, -0.15) is 0 Å². The van der Waals surface area contributed by atoms with Crippen molar-refractivity contribution in [3.8, 4) is 0 Å². The van der Waals surface area contributed by atoms with E-state index in [9.17, 15) is 4.79 Å². The maximum atomic E-state index is 11.0. The topological polar surface area (TPSA) is 72.3 Å². The summed E-state index contributed by atoms with van der Waals surface area (Å²) in [5, 5.41) is 0. The molecule has 1 aromatic rings. The number of primary amides is 1. The first kappa shape index (κ1) is 11.8. The summed E-state index contributed by atoms with van der Waals surface area (Å²) < 4.78 is 0. The van der Waals surface area contributed by atoms with Crippen LogP contribution in [0.1, 0.15) is 30.1 Å². The summed E-state index contributed by atoms with van der Waals surface area (Å²) in [5.74, 6) is 0.355. The second kappa shape index (κ2) is 4.65. The second-order valence-corrected chi connectivity index (χ2v) is 4.81. The molecule has 0 aliphatic carbocycles. The Balaban J connectivity index is 2.19. The second-order valence-electron chi connectivity index (χ2n) is 4.81. The molecule has 4 N–H and O–H groups in total. The molecule has 1 aliphatic heterocycles. The maximum Gasteiger partial charge on any atom is 0.248 e. The van der Waals surface area contributed by atoms with Crippen LogP contribution in [0.15, 0.2) is 18.2 Å². The average Bonchev–Trinajstić information content (AvgIpc) is 2.30. The van der Waals surface area contributed by atoms with E-state index in [0.717, 1.165) is 24.7 Å². The number of carbonyl (C=O) groups excluding carboxylic acids is 1. The molecule has 0 aromatic heterocycles. The number of nitrogen functional groups attached to an aromatic ring is 1.